The van der Waals surface area contributed by atoms with E-state index >= 15 is 0 Å². The highest BCUT2D eigenvalue weighted by molar-refractivity contribution is 5.87. The van der Waals surface area contributed by atoms with Crippen LogP contribution in [0, 0.1) is 12.7 Å². The van der Waals surface area contributed by atoms with Crippen molar-refractivity contribution in [3.63, 3.8) is 0 Å². The second-order valence-corrected chi connectivity index (χ2v) is 10.3. The number of methoxy groups -OCH3 is 1. The lowest BCUT2D eigenvalue weighted by molar-refractivity contribution is -0.133. The second kappa shape index (κ2) is 11.5. The molecule has 2 aromatic heterocycles. The molecule has 2 aliphatic heterocycles. The van der Waals surface area contributed by atoms with Crippen LogP contribution in [0.25, 0.3) is 11.2 Å². The van der Waals surface area contributed by atoms with Crippen LogP contribution < -0.4 is 11.0 Å². The molecular weight excluding hydrogens is 505 g/mol. The number of rotatable bonds is 6. The molecule has 2 atom stereocenters. The molecule has 0 spiro atoms. The van der Waals surface area contributed by atoms with E-state index in [1.54, 1.807) is 52.8 Å². The van der Waals surface area contributed by atoms with Crippen LogP contribution in [-0.2, 0) is 9.53 Å². The van der Waals surface area contributed by atoms with Crippen molar-refractivity contribution in [2.24, 2.45) is 0 Å². The maximum atomic E-state index is 15.0. The molecule has 5 rings (SSSR count). The van der Waals surface area contributed by atoms with E-state index in [1.165, 1.54) is 0 Å². The van der Waals surface area contributed by atoms with Gasteiger partial charge >= 0.3 is 11.7 Å². The number of nitrogens with zero attached hydrogens (tertiary/aromatic N) is 5. The van der Waals surface area contributed by atoms with Crippen molar-refractivity contribution < 1.29 is 18.7 Å². The summed E-state index contributed by atoms with van der Waals surface area (Å²) >= 11 is 0. The van der Waals surface area contributed by atoms with Crippen LogP contribution in [0.4, 0.5) is 9.18 Å². The van der Waals surface area contributed by atoms with Gasteiger partial charge in [0, 0.05) is 45.2 Å². The summed E-state index contributed by atoms with van der Waals surface area (Å²) < 4.78 is 21.8. The Balaban J connectivity index is 1.25. The smallest absolute Gasteiger partial charge is 0.327 e. The van der Waals surface area contributed by atoms with E-state index in [1.807, 2.05) is 6.07 Å². The normalized spacial score (nSPS) is 20.8. The number of carbonyl (C=O) groups excluding carboxylic acids is 2. The lowest BCUT2D eigenvalue weighted by Crippen LogP contribution is -2.53. The highest BCUT2D eigenvalue weighted by Crippen LogP contribution is 2.30. The van der Waals surface area contributed by atoms with E-state index in [0.29, 0.717) is 80.8 Å². The molecule has 12 heteroatoms. The number of piperidine rings is 1. The molecule has 2 fully saturated rings. The summed E-state index contributed by atoms with van der Waals surface area (Å²) in [5.41, 5.74) is 2.06. The number of aromatic amines is 1. The average molecular weight is 540 g/mol. The van der Waals surface area contributed by atoms with E-state index in [2.05, 4.69) is 20.5 Å². The molecule has 0 bridgehead atoms. The molecule has 2 saturated heterocycles. The number of H-pyrrole nitrogens is 1. The van der Waals surface area contributed by atoms with E-state index in [0.717, 1.165) is 0 Å². The van der Waals surface area contributed by atoms with Gasteiger partial charge in [-0.2, -0.15) is 5.10 Å². The number of likely N-dealkylation sites (tertiary alicyclic amines) is 2. The van der Waals surface area contributed by atoms with Crippen molar-refractivity contribution in [2.45, 2.75) is 50.6 Å². The lowest BCUT2D eigenvalue weighted by Gasteiger charge is -2.34. The van der Waals surface area contributed by atoms with Crippen LogP contribution in [0.5, 0.6) is 0 Å². The molecular formula is C27H34FN7O4. The second-order valence-electron chi connectivity index (χ2n) is 10.3. The minimum Gasteiger partial charge on any atom is -0.383 e. The Morgan fingerprint density at radius 2 is 1.97 bits per heavy atom. The number of nitrogens with one attached hydrogen (secondary N) is 2. The largest absolute Gasteiger partial charge is 0.383 e. The first-order valence-corrected chi connectivity index (χ1v) is 13.4. The number of halogens is 1. The minimum atomic E-state index is -0.709. The Morgan fingerprint density at radius 3 is 2.74 bits per heavy atom. The van der Waals surface area contributed by atoms with Crippen LogP contribution >= 0.6 is 0 Å². The fraction of sp³-hybridized carbons (Fsp3) is 0.519. The SMILES string of the molecule is COCCN1C[C@H](c2cccc(C)c2F)CC[C@@H](NC(=O)N2CCC(n3c(=O)[nH]c4nnccc43)CC2)C1=O. The van der Waals surface area contributed by atoms with E-state index < -0.39 is 6.04 Å². The summed E-state index contributed by atoms with van der Waals surface area (Å²) in [5, 5.41) is 10.7. The Morgan fingerprint density at radius 1 is 1.18 bits per heavy atom. The van der Waals surface area contributed by atoms with Gasteiger partial charge < -0.3 is 19.9 Å². The number of benzene rings is 1. The quantitative estimate of drug-likeness (QED) is 0.495. The third-order valence-electron chi connectivity index (χ3n) is 7.90. The van der Waals surface area contributed by atoms with Gasteiger partial charge in [0.05, 0.1) is 18.3 Å². The predicted octanol–water partition coefficient (Wildman–Crippen LogP) is 2.33. The molecule has 0 radical (unpaired) electrons. The highest BCUT2D eigenvalue weighted by atomic mass is 19.1. The molecule has 0 unspecified atom stereocenters. The molecule has 0 saturated carbocycles. The molecule has 11 nitrogen and oxygen atoms in total. The van der Waals surface area contributed by atoms with E-state index in [-0.39, 0.29) is 35.4 Å². The number of carbonyl (C=O) groups is 2. The summed E-state index contributed by atoms with van der Waals surface area (Å²) in [6.45, 7) is 3.70. The zero-order valence-electron chi connectivity index (χ0n) is 22.2. The molecule has 1 aromatic carbocycles. The van der Waals surface area contributed by atoms with Gasteiger partial charge in [-0.1, -0.05) is 18.2 Å². The average Bonchev–Trinajstić information content (AvgIpc) is 3.20. The van der Waals surface area contributed by atoms with Crippen LogP contribution in [-0.4, -0.2) is 87.4 Å². The number of hydrogen-bond acceptors (Lipinski definition) is 6. The first-order chi connectivity index (χ1) is 18.9. The van der Waals surface area contributed by atoms with Gasteiger partial charge in [0.15, 0.2) is 5.65 Å². The number of aromatic nitrogens is 4. The summed E-state index contributed by atoms with van der Waals surface area (Å²) in [5.74, 6) is -0.604. The van der Waals surface area contributed by atoms with E-state index in [4.69, 9.17) is 4.74 Å². The third-order valence-corrected chi connectivity index (χ3v) is 7.90. The van der Waals surface area contributed by atoms with E-state index in [9.17, 15) is 18.8 Å². The minimum absolute atomic E-state index is 0.0754. The molecule has 2 N–H and O–H groups in total. The molecule has 0 aliphatic carbocycles. The number of fused-ring (bicyclic) bond motifs is 1. The van der Waals surface area contributed by atoms with Crippen molar-refractivity contribution in [1.82, 2.24) is 34.9 Å². The Labute approximate surface area is 225 Å². The van der Waals surface area contributed by atoms with Gasteiger partial charge in [0.25, 0.3) is 0 Å². The van der Waals surface area contributed by atoms with Gasteiger partial charge in [0.2, 0.25) is 5.91 Å². The van der Waals surface area contributed by atoms with Gasteiger partial charge in [0.1, 0.15) is 11.9 Å². The first kappa shape index (κ1) is 26.8. The number of amides is 3. The van der Waals surface area contributed by atoms with Gasteiger partial charge in [-0.25, -0.2) is 14.0 Å². The van der Waals surface area contributed by atoms with Crippen molar-refractivity contribution in [3.8, 4) is 0 Å². The molecule has 39 heavy (non-hydrogen) atoms. The number of hydrogen-bond donors (Lipinski definition) is 2. The van der Waals surface area contributed by atoms with Crippen molar-refractivity contribution in [2.75, 3.05) is 39.9 Å². The molecule has 3 aromatic rings. The van der Waals surface area contributed by atoms with Crippen LogP contribution in [0.1, 0.15) is 48.8 Å². The van der Waals surface area contributed by atoms with Crippen LogP contribution in [0.3, 0.4) is 0 Å². The maximum absolute atomic E-state index is 15.0. The zero-order chi connectivity index (χ0) is 27.5. The Bertz CT molecular complexity index is 1400. The summed E-state index contributed by atoms with van der Waals surface area (Å²) in [7, 11) is 1.57. The lowest BCUT2D eigenvalue weighted by atomic mass is 9.92. The summed E-state index contributed by atoms with van der Waals surface area (Å²) in [6.07, 6.45) is 3.71. The summed E-state index contributed by atoms with van der Waals surface area (Å²) in [4.78, 5) is 45.3. The van der Waals surface area contributed by atoms with Crippen molar-refractivity contribution >= 4 is 23.1 Å². The number of imidazole rings is 1. The maximum Gasteiger partial charge on any atom is 0.327 e. The zero-order valence-corrected chi connectivity index (χ0v) is 22.2. The van der Waals surface area contributed by atoms with Gasteiger partial charge in [-0.3, -0.25) is 14.3 Å². The standard InChI is InChI=1S/C27H34FN7O4/c1-17-4-3-5-20(23(17)28)18-6-7-21(25(36)34(16-18)14-15-39-2)30-26(37)33-12-9-19(10-13-33)35-22-8-11-29-32-24(22)31-27(35)38/h3-5,8,11,18-19,21H,6-7,9-10,12-16H2,1-2H3,(H,30,37)(H,31,32,38)/t18-,21-/m1/s1. The fourth-order valence-electron chi connectivity index (χ4n) is 5.74. The molecule has 208 valence electrons. The fourth-order valence-corrected chi connectivity index (χ4v) is 5.74. The number of aryl methyl sites for hydroxylation is 1. The highest BCUT2D eigenvalue weighted by Gasteiger charge is 2.35. The van der Waals surface area contributed by atoms with Crippen LogP contribution in [0.2, 0.25) is 0 Å². The molecule has 3 amide bonds. The number of ether oxygens (including phenoxy) is 1. The number of urea groups is 1. The first-order valence-electron chi connectivity index (χ1n) is 13.4. The topological polar surface area (TPSA) is 125 Å². The van der Waals surface area contributed by atoms with Crippen LogP contribution in [0.15, 0.2) is 35.3 Å². The summed E-state index contributed by atoms with van der Waals surface area (Å²) in [6, 6.07) is 6.01. The Kier molecular flexibility index (Phi) is 7.92. The Hall–Kier alpha value is -3.80. The third kappa shape index (κ3) is 5.51. The van der Waals surface area contributed by atoms with Gasteiger partial charge in [-0.05, 0) is 49.8 Å². The monoisotopic (exact) mass is 539 g/mol. The predicted molar refractivity (Wildman–Crippen MR) is 142 cm³/mol. The molecule has 4 heterocycles. The van der Waals surface area contributed by atoms with Gasteiger partial charge in [-0.15, -0.1) is 5.10 Å². The molecule has 2 aliphatic rings. The van der Waals surface area contributed by atoms with Crippen molar-refractivity contribution in [3.05, 3.63) is 57.9 Å². The van der Waals surface area contributed by atoms with Crippen molar-refractivity contribution in [1.29, 1.82) is 0 Å².